The molecule has 1 N–H and O–H groups in total. The van der Waals surface area contributed by atoms with E-state index in [1.54, 1.807) is 0 Å². The van der Waals surface area contributed by atoms with Crippen LogP contribution in [0.2, 0.25) is 0 Å². The van der Waals surface area contributed by atoms with Crippen molar-refractivity contribution in [3.05, 3.63) is 42.4 Å². The Kier molecular flexibility index (Phi) is 2.92. The van der Waals surface area contributed by atoms with Crippen molar-refractivity contribution in [1.82, 2.24) is 14.5 Å². The summed E-state index contributed by atoms with van der Waals surface area (Å²) in [5.41, 5.74) is 3.70. The lowest BCUT2D eigenvalue weighted by Gasteiger charge is -2.57. The van der Waals surface area contributed by atoms with Gasteiger partial charge in [0.15, 0.2) is 0 Å². The first-order valence-electron chi connectivity index (χ1n) is 8.72. The number of hydrogen-bond acceptors (Lipinski definition) is 3. The quantitative estimate of drug-likeness (QED) is 0.861. The van der Waals surface area contributed by atoms with Gasteiger partial charge in [0.05, 0.1) is 30.4 Å². The van der Waals surface area contributed by atoms with Gasteiger partial charge in [-0.1, -0.05) is 24.3 Å². The standard InChI is InChI=1S/C19H21N3O2/c23-12-21-7-5-19(6-8-21)9-15(18(19)24)17-14-4-2-1-3-13(14)16-10-20-11-22(16)17/h1-4,10-12,15,17-18,24H,5-9H2. The first kappa shape index (κ1) is 14.2. The fourth-order valence-electron chi connectivity index (χ4n) is 5.16. The minimum Gasteiger partial charge on any atom is -0.392 e. The van der Waals surface area contributed by atoms with Crippen LogP contribution in [-0.4, -0.2) is 45.2 Å². The summed E-state index contributed by atoms with van der Waals surface area (Å²) in [6.07, 6.45) is 7.29. The molecule has 1 saturated carbocycles. The summed E-state index contributed by atoms with van der Waals surface area (Å²) in [5.74, 6) is 0.226. The predicted molar refractivity (Wildman–Crippen MR) is 89.2 cm³/mol. The maximum atomic E-state index is 11.1. The third kappa shape index (κ3) is 1.73. The first-order chi connectivity index (χ1) is 11.7. The molecule has 1 saturated heterocycles. The molecule has 24 heavy (non-hydrogen) atoms. The number of piperidine rings is 1. The highest BCUT2D eigenvalue weighted by molar-refractivity contribution is 5.69. The molecule has 5 heteroatoms. The van der Waals surface area contributed by atoms with Gasteiger partial charge in [-0.3, -0.25) is 4.79 Å². The summed E-state index contributed by atoms with van der Waals surface area (Å²) in [6, 6.07) is 8.65. The lowest BCUT2D eigenvalue weighted by Crippen LogP contribution is -2.59. The first-order valence-corrected chi connectivity index (χ1v) is 8.72. The number of rotatable bonds is 2. The molecule has 2 aromatic rings. The fourth-order valence-corrected chi connectivity index (χ4v) is 5.16. The van der Waals surface area contributed by atoms with Crippen molar-refractivity contribution in [2.75, 3.05) is 13.1 Å². The molecule has 0 radical (unpaired) electrons. The van der Waals surface area contributed by atoms with Crippen LogP contribution < -0.4 is 0 Å². The topological polar surface area (TPSA) is 58.4 Å². The van der Waals surface area contributed by atoms with Gasteiger partial charge in [0.25, 0.3) is 0 Å². The molecule has 3 aliphatic rings. The molecule has 1 aliphatic carbocycles. The van der Waals surface area contributed by atoms with Crippen molar-refractivity contribution in [1.29, 1.82) is 0 Å². The number of aromatic nitrogens is 2. The molecule has 2 aliphatic heterocycles. The van der Waals surface area contributed by atoms with Gasteiger partial charge in [0.2, 0.25) is 6.41 Å². The Morgan fingerprint density at radius 2 is 2.04 bits per heavy atom. The van der Waals surface area contributed by atoms with Crippen LogP contribution in [-0.2, 0) is 4.79 Å². The fraction of sp³-hybridized carbons (Fsp3) is 0.474. The molecule has 2 fully saturated rings. The van der Waals surface area contributed by atoms with Gasteiger partial charge in [-0.05, 0) is 24.8 Å². The highest BCUT2D eigenvalue weighted by Gasteiger charge is 2.57. The van der Waals surface area contributed by atoms with E-state index in [0.29, 0.717) is 0 Å². The van der Waals surface area contributed by atoms with Gasteiger partial charge < -0.3 is 14.6 Å². The number of carbonyl (C=O) groups excluding carboxylic acids is 1. The minimum absolute atomic E-state index is 0.00244. The smallest absolute Gasteiger partial charge is 0.209 e. The van der Waals surface area contributed by atoms with E-state index < -0.39 is 0 Å². The predicted octanol–water partition coefficient (Wildman–Crippen LogP) is 2.07. The zero-order chi connectivity index (χ0) is 16.3. The number of hydrogen-bond donors (Lipinski definition) is 1. The molecular formula is C19H21N3O2. The highest BCUT2D eigenvalue weighted by atomic mass is 16.3. The summed E-state index contributed by atoms with van der Waals surface area (Å²) in [4.78, 5) is 17.1. The molecule has 5 rings (SSSR count). The third-order valence-corrected chi connectivity index (χ3v) is 6.54. The number of carbonyl (C=O) groups is 1. The molecule has 3 unspecified atom stereocenters. The Labute approximate surface area is 140 Å². The van der Waals surface area contributed by atoms with Crippen LogP contribution in [0, 0.1) is 11.3 Å². The normalized spacial score (nSPS) is 29.9. The number of fused-ring (bicyclic) bond motifs is 3. The Balaban J connectivity index is 1.44. The number of aliphatic hydroxyl groups excluding tert-OH is 1. The number of likely N-dealkylation sites (tertiary alicyclic amines) is 1. The SMILES string of the molecule is O=CN1CCC2(CC1)CC(C1c3ccccc3-c3cncn31)C2O. The lowest BCUT2D eigenvalue weighted by molar-refractivity contribution is -0.160. The Hall–Kier alpha value is -2.14. The maximum Gasteiger partial charge on any atom is 0.209 e. The van der Waals surface area contributed by atoms with E-state index in [9.17, 15) is 9.90 Å². The summed E-state index contributed by atoms with van der Waals surface area (Å²) >= 11 is 0. The zero-order valence-electron chi connectivity index (χ0n) is 13.5. The van der Waals surface area contributed by atoms with Crippen molar-refractivity contribution < 1.29 is 9.90 Å². The Bertz CT molecular complexity index is 791. The van der Waals surface area contributed by atoms with Gasteiger partial charge in [-0.2, -0.15) is 0 Å². The molecule has 3 atom stereocenters. The molecule has 1 amide bonds. The molecular weight excluding hydrogens is 302 g/mol. The second kappa shape index (κ2) is 4.93. The van der Waals surface area contributed by atoms with E-state index >= 15 is 0 Å². The second-order valence-electron chi connectivity index (χ2n) is 7.53. The van der Waals surface area contributed by atoms with Crippen LogP contribution in [0.3, 0.4) is 0 Å². The van der Waals surface area contributed by atoms with Crippen molar-refractivity contribution >= 4 is 6.41 Å². The number of nitrogens with zero attached hydrogens (tertiary/aromatic N) is 3. The van der Waals surface area contributed by atoms with E-state index in [-0.39, 0.29) is 23.5 Å². The summed E-state index contributed by atoms with van der Waals surface area (Å²) in [7, 11) is 0. The van der Waals surface area contributed by atoms with Gasteiger partial charge in [0.1, 0.15) is 0 Å². The van der Waals surface area contributed by atoms with E-state index in [4.69, 9.17) is 0 Å². The molecule has 5 nitrogen and oxygen atoms in total. The largest absolute Gasteiger partial charge is 0.392 e. The van der Waals surface area contributed by atoms with Gasteiger partial charge in [0, 0.05) is 30.0 Å². The van der Waals surface area contributed by atoms with Crippen molar-refractivity contribution in [2.24, 2.45) is 11.3 Å². The summed E-state index contributed by atoms with van der Waals surface area (Å²) < 4.78 is 2.23. The van der Waals surface area contributed by atoms with E-state index in [1.165, 1.54) is 11.1 Å². The van der Waals surface area contributed by atoms with Gasteiger partial charge >= 0.3 is 0 Å². The van der Waals surface area contributed by atoms with Crippen LogP contribution in [0.4, 0.5) is 0 Å². The number of imidazole rings is 1. The molecule has 1 aromatic carbocycles. The average Bonchev–Trinajstić information content (AvgIpc) is 3.21. The third-order valence-electron chi connectivity index (χ3n) is 6.54. The summed E-state index contributed by atoms with van der Waals surface area (Å²) in [6.45, 7) is 1.54. The number of aliphatic hydroxyl groups is 1. The van der Waals surface area contributed by atoms with Gasteiger partial charge in [-0.15, -0.1) is 0 Å². The van der Waals surface area contributed by atoms with E-state index in [0.717, 1.165) is 44.5 Å². The summed E-state index contributed by atoms with van der Waals surface area (Å²) in [5, 5.41) is 11.1. The number of amides is 1. The van der Waals surface area contributed by atoms with Crippen molar-refractivity contribution in [3.63, 3.8) is 0 Å². The lowest BCUT2D eigenvalue weighted by atomic mass is 9.53. The average molecular weight is 323 g/mol. The molecule has 1 aromatic heterocycles. The van der Waals surface area contributed by atoms with Crippen LogP contribution in [0.1, 0.15) is 30.9 Å². The van der Waals surface area contributed by atoms with Crippen LogP contribution in [0.5, 0.6) is 0 Å². The Morgan fingerprint density at radius 3 is 2.79 bits per heavy atom. The van der Waals surface area contributed by atoms with Crippen LogP contribution >= 0.6 is 0 Å². The van der Waals surface area contributed by atoms with Crippen LogP contribution in [0.25, 0.3) is 11.3 Å². The number of benzene rings is 1. The van der Waals surface area contributed by atoms with Gasteiger partial charge in [-0.25, -0.2) is 4.98 Å². The molecule has 0 bridgehead atoms. The minimum atomic E-state index is -0.308. The molecule has 124 valence electrons. The molecule has 3 heterocycles. The highest BCUT2D eigenvalue weighted by Crippen LogP contribution is 2.59. The molecule has 1 spiro atoms. The monoisotopic (exact) mass is 323 g/mol. The maximum absolute atomic E-state index is 11.1. The second-order valence-corrected chi connectivity index (χ2v) is 7.53. The van der Waals surface area contributed by atoms with E-state index in [1.807, 2.05) is 17.4 Å². The van der Waals surface area contributed by atoms with Crippen LogP contribution in [0.15, 0.2) is 36.8 Å². The van der Waals surface area contributed by atoms with E-state index in [2.05, 4.69) is 33.8 Å². The van der Waals surface area contributed by atoms with Crippen molar-refractivity contribution in [3.8, 4) is 11.3 Å². The zero-order valence-corrected chi connectivity index (χ0v) is 13.5. The van der Waals surface area contributed by atoms with Crippen molar-refractivity contribution in [2.45, 2.75) is 31.4 Å². The Morgan fingerprint density at radius 1 is 1.25 bits per heavy atom.